The molecular formula is C7H13NO5P-3. The lowest BCUT2D eigenvalue weighted by atomic mass is 10.2. The van der Waals surface area contributed by atoms with Crippen LogP contribution in [0.1, 0.15) is 26.7 Å². The lowest BCUT2D eigenvalue weighted by Crippen LogP contribution is -2.30. The molecule has 0 rings (SSSR count). The monoisotopic (exact) mass is 222 g/mol. The molecule has 1 unspecified atom stereocenters. The highest BCUT2D eigenvalue weighted by atomic mass is 31.2. The number of nitrogens with zero attached hydrogens (tertiary/aromatic N) is 1. The first-order valence-corrected chi connectivity index (χ1v) is 5.87. The van der Waals surface area contributed by atoms with Crippen molar-refractivity contribution in [2.24, 2.45) is 0 Å². The lowest BCUT2D eigenvalue weighted by Gasteiger charge is -2.39. The van der Waals surface area contributed by atoms with Crippen LogP contribution in [0.25, 0.3) is 0 Å². The molecule has 1 amide bonds. The van der Waals surface area contributed by atoms with Crippen molar-refractivity contribution in [3.05, 3.63) is 5.21 Å². The van der Waals surface area contributed by atoms with Gasteiger partial charge in [0, 0.05) is 13.5 Å². The van der Waals surface area contributed by atoms with Gasteiger partial charge in [0.05, 0.1) is 0 Å². The summed E-state index contributed by atoms with van der Waals surface area (Å²) in [6, 6.07) is 0. The summed E-state index contributed by atoms with van der Waals surface area (Å²) in [6.07, 6.45) is 0.0693. The number of carbonyl (C=O) groups excluding carboxylic acids is 1. The van der Waals surface area contributed by atoms with Crippen molar-refractivity contribution in [2.75, 3.05) is 6.54 Å². The van der Waals surface area contributed by atoms with Gasteiger partial charge in [-0.25, -0.2) is 0 Å². The van der Waals surface area contributed by atoms with Crippen molar-refractivity contribution < 1.29 is 19.1 Å². The molecule has 6 nitrogen and oxygen atoms in total. The lowest BCUT2D eigenvalue weighted by molar-refractivity contribution is -0.316. The van der Waals surface area contributed by atoms with Crippen LogP contribution in [0.5, 0.6) is 0 Å². The predicted molar refractivity (Wildman–Crippen MR) is 47.1 cm³/mol. The van der Waals surface area contributed by atoms with E-state index in [1.54, 1.807) is 6.92 Å². The second kappa shape index (κ2) is 5.46. The average molecular weight is 222 g/mol. The minimum Gasteiger partial charge on any atom is -0.811 e. The number of hydrogen-bond donors (Lipinski definition) is 0. The van der Waals surface area contributed by atoms with Gasteiger partial charge in [-0.1, -0.05) is 14.5 Å². The molecule has 0 aliphatic rings. The molecule has 0 saturated carbocycles. The van der Waals surface area contributed by atoms with Crippen LogP contribution in [0, 0.1) is 5.21 Å². The predicted octanol–water partition coefficient (Wildman–Crippen LogP) is -0.585. The van der Waals surface area contributed by atoms with Gasteiger partial charge in [0.1, 0.15) is 0 Å². The van der Waals surface area contributed by atoms with Crippen molar-refractivity contribution in [2.45, 2.75) is 32.3 Å². The van der Waals surface area contributed by atoms with Crippen LogP contribution in [0.2, 0.25) is 0 Å². The van der Waals surface area contributed by atoms with Crippen LogP contribution < -0.4 is 9.79 Å². The summed E-state index contributed by atoms with van der Waals surface area (Å²) < 4.78 is 10.6. The number of hydrogen-bond acceptors (Lipinski definition) is 5. The van der Waals surface area contributed by atoms with E-state index in [0.717, 1.165) is 6.92 Å². The normalized spacial score (nSPS) is 13.8. The quantitative estimate of drug-likeness (QED) is 0.456. The van der Waals surface area contributed by atoms with E-state index < -0.39 is 19.2 Å². The van der Waals surface area contributed by atoms with Gasteiger partial charge in [-0.2, -0.15) is 0 Å². The zero-order valence-electron chi connectivity index (χ0n) is 8.13. The molecule has 0 aliphatic carbocycles. The summed E-state index contributed by atoms with van der Waals surface area (Å²) in [5.74, 6) is -0.688. The van der Waals surface area contributed by atoms with E-state index in [1.807, 2.05) is 0 Å². The van der Waals surface area contributed by atoms with Gasteiger partial charge in [0.15, 0.2) is 0 Å². The Labute approximate surface area is 82.6 Å². The van der Waals surface area contributed by atoms with E-state index in [-0.39, 0.29) is 24.4 Å². The van der Waals surface area contributed by atoms with E-state index in [2.05, 4.69) is 0 Å². The second-order valence-electron chi connectivity index (χ2n) is 3.01. The summed E-state index contributed by atoms with van der Waals surface area (Å²) in [7, 11) is -4.64. The molecule has 0 aromatic heterocycles. The molecule has 1 atom stereocenters. The van der Waals surface area contributed by atoms with Crippen molar-refractivity contribution in [1.82, 2.24) is 5.06 Å². The van der Waals surface area contributed by atoms with E-state index in [9.17, 15) is 24.4 Å². The summed E-state index contributed by atoms with van der Waals surface area (Å²) in [5.41, 5.74) is -1.06. The van der Waals surface area contributed by atoms with Crippen LogP contribution in [0.4, 0.5) is 0 Å². The third-order valence-corrected chi connectivity index (χ3v) is 3.45. The molecule has 7 heteroatoms. The first-order valence-electron chi connectivity index (χ1n) is 4.26. The van der Waals surface area contributed by atoms with Crippen molar-refractivity contribution in [1.29, 1.82) is 0 Å². The van der Waals surface area contributed by atoms with Gasteiger partial charge in [0.2, 0.25) is 5.91 Å². The molecule has 0 heterocycles. The summed E-state index contributed by atoms with van der Waals surface area (Å²) in [5, 5.41) is 10.9. The van der Waals surface area contributed by atoms with E-state index in [0.29, 0.717) is 0 Å². The van der Waals surface area contributed by atoms with Gasteiger partial charge in [-0.05, 0) is 18.5 Å². The van der Waals surface area contributed by atoms with Crippen molar-refractivity contribution >= 4 is 13.5 Å². The molecule has 0 aromatic carbocycles. The van der Waals surface area contributed by atoms with Crippen LogP contribution in [-0.4, -0.2) is 23.2 Å². The average Bonchev–Trinajstić information content (AvgIpc) is 2.02. The third-order valence-electron chi connectivity index (χ3n) is 1.94. The molecule has 0 N–H and O–H groups in total. The van der Waals surface area contributed by atoms with Gasteiger partial charge in [0.25, 0.3) is 0 Å². The zero-order chi connectivity index (χ0) is 11.4. The Balaban J connectivity index is 4.10. The van der Waals surface area contributed by atoms with Crippen molar-refractivity contribution in [3.8, 4) is 0 Å². The van der Waals surface area contributed by atoms with Crippen LogP contribution >= 0.6 is 7.60 Å². The summed E-state index contributed by atoms with van der Waals surface area (Å²) in [4.78, 5) is 31.7. The van der Waals surface area contributed by atoms with Gasteiger partial charge < -0.3 is 24.6 Å². The number of carbonyl (C=O) groups is 1. The third kappa shape index (κ3) is 4.72. The molecule has 0 spiro atoms. The molecule has 0 bridgehead atoms. The molecular weight excluding hydrogens is 209 g/mol. The molecule has 84 valence electrons. The Morgan fingerprint density at radius 2 is 2.00 bits per heavy atom. The maximum absolute atomic E-state index is 10.8. The Kier molecular flexibility index (Phi) is 5.29. The minimum absolute atomic E-state index is 0.0934. The SMILES string of the molecule is CCC(CCN([O-])C(C)=O)P(=O)([O-])[O-]. The van der Waals surface area contributed by atoms with E-state index in [4.69, 9.17) is 0 Å². The Morgan fingerprint density at radius 3 is 2.29 bits per heavy atom. The molecule has 0 aromatic rings. The Morgan fingerprint density at radius 1 is 1.50 bits per heavy atom. The highest BCUT2D eigenvalue weighted by Crippen LogP contribution is 2.35. The summed E-state index contributed by atoms with van der Waals surface area (Å²) >= 11 is 0. The van der Waals surface area contributed by atoms with Gasteiger partial charge in [-0.15, -0.1) is 0 Å². The molecule has 0 aliphatic heterocycles. The number of rotatable bonds is 5. The summed E-state index contributed by atoms with van der Waals surface area (Å²) in [6.45, 7) is 2.39. The standard InChI is InChI=1S/C7H15NO5P/c1-3-7(14(11,12)13)4-5-8(10)6(2)9/h7H,3-5H2,1-2H3,(H2,11,12,13)/q-1/p-2. The second-order valence-corrected chi connectivity index (χ2v) is 4.82. The number of amides is 1. The highest BCUT2D eigenvalue weighted by molar-refractivity contribution is 7.49. The highest BCUT2D eigenvalue weighted by Gasteiger charge is 2.10. The first-order chi connectivity index (χ1) is 6.29. The smallest absolute Gasteiger partial charge is 0.208 e. The van der Waals surface area contributed by atoms with Crippen molar-refractivity contribution in [3.63, 3.8) is 0 Å². The topological polar surface area (TPSA) is 107 Å². The first kappa shape index (κ1) is 13.6. The minimum atomic E-state index is -4.64. The van der Waals surface area contributed by atoms with Crippen LogP contribution in [0.15, 0.2) is 0 Å². The zero-order valence-corrected chi connectivity index (χ0v) is 9.03. The fourth-order valence-electron chi connectivity index (χ4n) is 1.01. The largest absolute Gasteiger partial charge is 0.811 e. The number of hydroxylamine groups is 2. The maximum Gasteiger partial charge on any atom is 0.208 e. The molecule has 0 radical (unpaired) electrons. The van der Waals surface area contributed by atoms with E-state index in [1.165, 1.54) is 0 Å². The molecule has 0 fully saturated rings. The van der Waals surface area contributed by atoms with Gasteiger partial charge >= 0.3 is 0 Å². The molecule has 14 heavy (non-hydrogen) atoms. The van der Waals surface area contributed by atoms with Gasteiger partial charge in [-0.3, -0.25) is 4.79 Å². The maximum atomic E-state index is 10.8. The Bertz CT molecular complexity index is 238. The molecule has 0 saturated heterocycles. The van der Waals surface area contributed by atoms with E-state index >= 15 is 0 Å². The fraction of sp³-hybridized carbons (Fsp3) is 0.857. The van der Waals surface area contributed by atoms with Crippen LogP contribution in [-0.2, 0) is 9.36 Å². The van der Waals surface area contributed by atoms with Crippen LogP contribution in [0.3, 0.4) is 0 Å². The Hall–Kier alpha value is -0.420. The fourth-order valence-corrected chi connectivity index (χ4v) is 1.89.